The summed E-state index contributed by atoms with van der Waals surface area (Å²) in [7, 11) is 1.60. The minimum absolute atomic E-state index is 0.244. The van der Waals surface area contributed by atoms with Gasteiger partial charge in [0.2, 0.25) is 5.88 Å². The van der Waals surface area contributed by atoms with E-state index in [1.165, 1.54) is 0 Å². The fraction of sp³-hybridized carbons (Fsp3) is 0.118. The number of rotatable bonds is 8. The molecular formula is C34H27BrN2O3. The summed E-state index contributed by atoms with van der Waals surface area (Å²) >= 11 is 3.61. The van der Waals surface area contributed by atoms with Crippen molar-refractivity contribution >= 4 is 28.0 Å². The molecule has 0 saturated carbocycles. The number of aryl methyl sites for hydroxylation is 2. The van der Waals surface area contributed by atoms with Crippen molar-refractivity contribution in [1.82, 2.24) is 0 Å². The third kappa shape index (κ3) is 5.85. The standard InChI is InChI=1S/C34H27BrN2O3/c1-22-9-13-26(14-10-22)31-28(19-36)34(40-32(31)27-15-11-23(2)12-16-27)37-20-25-17-29(35)33(30(18-25)38-3)39-21-24-7-5-4-6-8-24/h4-18,20H,21H2,1-3H3. The van der Waals surface area contributed by atoms with Gasteiger partial charge in [-0.25, -0.2) is 4.99 Å². The summed E-state index contributed by atoms with van der Waals surface area (Å²) in [5.41, 5.74) is 6.96. The van der Waals surface area contributed by atoms with Crippen molar-refractivity contribution < 1.29 is 13.9 Å². The van der Waals surface area contributed by atoms with E-state index in [0.29, 0.717) is 29.4 Å². The van der Waals surface area contributed by atoms with Crippen molar-refractivity contribution in [3.05, 3.63) is 123 Å². The molecular weight excluding hydrogens is 564 g/mol. The minimum Gasteiger partial charge on any atom is -0.493 e. The molecule has 1 heterocycles. The molecule has 40 heavy (non-hydrogen) atoms. The maximum atomic E-state index is 10.2. The van der Waals surface area contributed by atoms with Gasteiger partial charge in [0.15, 0.2) is 11.5 Å². The van der Waals surface area contributed by atoms with E-state index in [0.717, 1.165) is 43.4 Å². The van der Waals surface area contributed by atoms with E-state index in [1.54, 1.807) is 13.3 Å². The van der Waals surface area contributed by atoms with E-state index in [-0.39, 0.29) is 5.88 Å². The Labute approximate surface area is 242 Å². The fourth-order valence-corrected chi connectivity index (χ4v) is 4.91. The minimum atomic E-state index is 0.244. The van der Waals surface area contributed by atoms with Gasteiger partial charge >= 0.3 is 0 Å². The summed E-state index contributed by atoms with van der Waals surface area (Å²) in [5.74, 6) is 2.01. The van der Waals surface area contributed by atoms with Crippen LogP contribution in [-0.2, 0) is 6.61 Å². The molecule has 0 radical (unpaired) electrons. The molecule has 5 aromatic rings. The number of halogens is 1. The van der Waals surface area contributed by atoms with E-state index in [4.69, 9.17) is 13.9 Å². The first-order valence-electron chi connectivity index (χ1n) is 12.8. The van der Waals surface area contributed by atoms with Crippen molar-refractivity contribution in [2.45, 2.75) is 20.5 Å². The Bertz CT molecular complexity index is 1700. The molecule has 0 spiro atoms. The highest BCUT2D eigenvalue weighted by Gasteiger charge is 2.23. The van der Waals surface area contributed by atoms with Crippen LogP contribution in [0.3, 0.4) is 0 Å². The number of nitrogens with zero attached hydrogens (tertiary/aromatic N) is 2. The molecule has 0 fully saturated rings. The quantitative estimate of drug-likeness (QED) is 0.169. The van der Waals surface area contributed by atoms with Crippen LogP contribution in [0.5, 0.6) is 11.5 Å². The Morgan fingerprint density at radius 3 is 2.17 bits per heavy atom. The summed E-state index contributed by atoms with van der Waals surface area (Å²) in [6.07, 6.45) is 1.66. The zero-order chi connectivity index (χ0) is 28.1. The average molecular weight is 592 g/mol. The lowest BCUT2D eigenvalue weighted by Crippen LogP contribution is -1.99. The number of benzene rings is 4. The van der Waals surface area contributed by atoms with Gasteiger partial charge in [0.25, 0.3) is 0 Å². The lowest BCUT2D eigenvalue weighted by Gasteiger charge is -2.13. The van der Waals surface area contributed by atoms with Crippen molar-refractivity contribution in [1.29, 1.82) is 5.26 Å². The van der Waals surface area contributed by atoms with Gasteiger partial charge in [0, 0.05) is 17.3 Å². The van der Waals surface area contributed by atoms with Crippen LogP contribution in [0.4, 0.5) is 5.88 Å². The van der Waals surface area contributed by atoms with E-state index in [1.807, 2.05) is 105 Å². The highest BCUT2D eigenvalue weighted by molar-refractivity contribution is 9.10. The molecule has 0 aliphatic carbocycles. The second-order valence-electron chi connectivity index (χ2n) is 9.40. The van der Waals surface area contributed by atoms with Gasteiger partial charge in [-0.15, -0.1) is 0 Å². The van der Waals surface area contributed by atoms with Crippen LogP contribution in [-0.4, -0.2) is 13.3 Å². The molecule has 6 heteroatoms. The molecule has 4 aromatic carbocycles. The van der Waals surface area contributed by atoms with Gasteiger partial charge in [0.05, 0.1) is 11.6 Å². The summed E-state index contributed by atoms with van der Waals surface area (Å²) in [6.45, 7) is 4.48. The van der Waals surface area contributed by atoms with Gasteiger partial charge in [-0.1, -0.05) is 90.0 Å². The summed E-state index contributed by atoms with van der Waals surface area (Å²) in [5, 5.41) is 10.2. The molecule has 5 rings (SSSR count). The molecule has 198 valence electrons. The monoisotopic (exact) mass is 590 g/mol. The van der Waals surface area contributed by atoms with Crippen LogP contribution in [0.2, 0.25) is 0 Å². The Morgan fingerprint density at radius 1 is 0.900 bits per heavy atom. The summed E-state index contributed by atoms with van der Waals surface area (Å²) < 4.78 is 18.7. The first-order chi connectivity index (χ1) is 19.5. The van der Waals surface area contributed by atoms with Gasteiger partial charge in [0.1, 0.15) is 24.0 Å². The van der Waals surface area contributed by atoms with Crippen LogP contribution in [0.1, 0.15) is 27.8 Å². The van der Waals surface area contributed by atoms with Crippen LogP contribution < -0.4 is 9.47 Å². The first-order valence-corrected chi connectivity index (χ1v) is 13.6. The number of hydrogen-bond donors (Lipinski definition) is 0. The van der Waals surface area contributed by atoms with Crippen LogP contribution in [0, 0.1) is 25.2 Å². The summed E-state index contributed by atoms with van der Waals surface area (Å²) in [4.78, 5) is 4.62. The molecule has 0 N–H and O–H groups in total. The second kappa shape index (κ2) is 12.1. The van der Waals surface area contributed by atoms with Crippen LogP contribution in [0.15, 0.2) is 105 Å². The Hall–Kier alpha value is -4.60. The topological polar surface area (TPSA) is 67.8 Å². The van der Waals surface area contributed by atoms with E-state index < -0.39 is 0 Å². The van der Waals surface area contributed by atoms with E-state index in [2.05, 4.69) is 27.0 Å². The van der Waals surface area contributed by atoms with Gasteiger partial charge in [-0.2, -0.15) is 5.26 Å². The predicted molar refractivity (Wildman–Crippen MR) is 162 cm³/mol. The third-order valence-electron chi connectivity index (χ3n) is 6.46. The van der Waals surface area contributed by atoms with E-state index in [9.17, 15) is 5.26 Å². The third-order valence-corrected chi connectivity index (χ3v) is 7.05. The lowest BCUT2D eigenvalue weighted by atomic mass is 9.97. The zero-order valence-electron chi connectivity index (χ0n) is 22.4. The lowest BCUT2D eigenvalue weighted by molar-refractivity contribution is 0.282. The molecule has 0 bridgehead atoms. The number of methoxy groups -OCH3 is 1. The van der Waals surface area contributed by atoms with Gasteiger partial charge in [-0.05, 0) is 58.6 Å². The predicted octanol–water partition coefficient (Wildman–Crippen LogP) is 9.20. The van der Waals surface area contributed by atoms with E-state index >= 15 is 0 Å². The molecule has 0 aliphatic rings. The SMILES string of the molecule is COc1cc(C=Nc2oc(-c3ccc(C)cc3)c(-c3ccc(C)cc3)c2C#N)cc(Br)c1OCc1ccccc1. The largest absolute Gasteiger partial charge is 0.493 e. The molecule has 0 saturated heterocycles. The van der Waals surface area contributed by atoms with Crippen molar-refractivity contribution in [2.24, 2.45) is 4.99 Å². The Morgan fingerprint density at radius 2 is 1.55 bits per heavy atom. The van der Waals surface area contributed by atoms with Crippen LogP contribution in [0.25, 0.3) is 22.5 Å². The molecule has 0 unspecified atom stereocenters. The molecule has 0 aliphatic heterocycles. The van der Waals surface area contributed by atoms with Gasteiger partial charge in [-0.3, -0.25) is 0 Å². The summed E-state index contributed by atoms with van der Waals surface area (Å²) in [6, 6.07) is 32.1. The van der Waals surface area contributed by atoms with Crippen molar-refractivity contribution in [3.63, 3.8) is 0 Å². The second-order valence-corrected chi connectivity index (χ2v) is 10.3. The molecule has 0 amide bonds. The maximum Gasteiger partial charge on any atom is 0.238 e. The first kappa shape index (κ1) is 27.0. The normalized spacial score (nSPS) is 11.0. The highest BCUT2D eigenvalue weighted by Crippen LogP contribution is 2.43. The number of nitriles is 1. The smallest absolute Gasteiger partial charge is 0.238 e. The number of hydrogen-bond acceptors (Lipinski definition) is 5. The number of aliphatic imine (C=N–C) groups is 1. The fourth-order valence-electron chi connectivity index (χ4n) is 4.33. The molecule has 1 aromatic heterocycles. The Kier molecular flexibility index (Phi) is 8.14. The Balaban J connectivity index is 1.52. The van der Waals surface area contributed by atoms with Crippen molar-refractivity contribution in [3.8, 4) is 40.0 Å². The van der Waals surface area contributed by atoms with Crippen molar-refractivity contribution in [2.75, 3.05) is 7.11 Å². The highest BCUT2D eigenvalue weighted by atomic mass is 79.9. The van der Waals surface area contributed by atoms with Crippen LogP contribution >= 0.6 is 15.9 Å². The average Bonchev–Trinajstić information content (AvgIpc) is 3.35. The zero-order valence-corrected chi connectivity index (χ0v) is 24.0. The number of ether oxygens (including phenoxy) is 2. The molecule has 5 nitrogen and oxygen atoms in total. The maximum absolute atomic E-state index is 10.2. The number of furan rings is 1. The molecule has 0 atom stereocenters. The van der Waals surface area contributed by atoms with Gasteiger partial charge < -0.3 is 13.9 Å².